The summed E-state index contributed by atoms with van der Waals surface area (Å²) in [6.07, 6.45) is 2.23. The SMILES string of the molecule is CCC(=O)C(Cc1ccc(-c2ccc(OC)cc2CC)cc1C)NC(C)(C)C. The Morgan fingerprint density at radius 1 is 1.07 bits per heavy atom. The molecule has 28 heavy (non-hydrogen) atoms. The number of nitrogens with one attached hydrogen (secondary N) is 1. The molecule has 0 aliphatic carbocycles. The summed E-state index contributed by atoms with van der Waals surface area (Å²) >= 11 is 0. The van der Waals surface area contributed by atoms with E-state index in [0.29, 0.717) is 6.42 Å². The molecule has 2 aromatic carbocycles. The van der Waals surface area contributed by atoms with Crippen LogP contribution in [-0.2, 0) is 17.6 Å². The van der Waals surface area contributed by atoms with Crippen molar-refractivity contribution < 1.29 is 9.53 Å². The molecule has 0 aromatic heterocycles. The number of ketones is 1. The lowest BCUT2D eigenvalue weighted by Gasteiger charge is -2.28. The maximum atomic E-state index is 12.5. The lowest BCUT2D eigenvalue weighted by molar-refractivity contribution is -0.121. The molecule has 1 unspecified atom stereocenters. The van der Waals surface area contributed by atoms with Crippen LogP contribution in [0.1, 0.15) is 57.7 Å². The second kappa shape index (κ2) is 9.38. The van der Waals surface area contributed by atoms with Crippen molar-refractivity contribution in [2.45, 2.75) is 72.4 Å². The first-order valence-electron chi connectivity index (χ1n) is 10.3. The quantitative estimate of drug-likeness (QED) is 0.655. The van der Waals surface area contributed by atoms with E-state index in [1.807, 2.05) is 13.0 Å². The molecule has 0 saturated carbocycles. The van der Waals surface area contributed by atoms with Crippen LogP contribution in [0.4, 0.5) is 0 Å². The van der Waals surface area contributed by atoms with Crippen LogP contribution in [0.2, 0.25) is 0 Å². The van der Waals surface area contributed by atoms with Crippen LogP contribution in [-0.4, -0.2) is 24.5 Å². The van der Waals surface area contributed by atoms with E-state index in [1.54, 1.807) is 7.11 Å². The minimum absolute atomic E-state index is 0.0948. The molecule has 2 aromatic rings. The number of rotatable bonds is 8. The molecular formula is C25H35NO2. The van der Waals surface area contributed by atoms with Crippen molar-refractivity contribution >= 4 is 5.78 Å². The number of hydrogen-bond acceptors (Lipinski definition) is 3. The molecule has 1 N–H and O–H groups in total. The van der Waals surface area contributed by atoms with Crippen LogP contribution in [0.15, 0.2) is 36.4 Å². The van der Waals surface area contributed by atoms with Crippen LogP contribution >= 0.6 is 0 Å². The van der Waals surface area contributed by atoms with E-state index in [4.69, 9.17) is 4.74 Å². The van der Waals surface area contributed by atoms with E-state index in [0.717, 1.165) is 18.6 Å². The van der Waals surface area contributed by atoms with Gasteiger partial charge in [-0.25, -0.2) is 0 Å². The second-order valence-corrected chi connectivity index (χ2v) is 8.49. The van der Waals surface area contributed by atoms with Gasteiger partial charge in [-0.1, -0.05) is 38.1 Å². The largest absolute Gasteiger partial charge is 0.497 e. The minimum atomic E-state index is -0.151. The van der Waals surface area contributed by atoms with Crippen molar-refractivity contribution in [2.24, 2.45) is 0 Å². The zero-order chi connectivity index (χ0) is 20.9. The highest BCUT2D eigenvalue weighted by atomic mass is 16.5. The van der Waals surface area contributed by atoms with Gasteiger partial charge in [0.05, 0.1) is 13.2 Å². The summed E-state index contributed by atoms with van der Waals surface area (Å²) in [5.41, 5.74) is 6.08. The molecular weight excluding hydrogens is 346 g/mol. The van der Waals surface area contributed by atoms with Gasteiger partial charge in [-0.15, -0.1) is 0 Å². The van der Waals surface area contributed by atoms with Crippen LogP contribution in [0.25, 0.3) is 11.1 Å². The van der Waals surface area contributed by atoms with Gasteiger partial charge >= 0.3 is 0 Å². The summed E-state index contributed by atoms with van der Waals surface area (Å²) in [5.74, 6) is 1.16. The summed E-state index contributed by atoms with van der Waals surface area (Å²) in [4.78, 5) is 12.5. The third-order valence-electron chi connectivity index (χ3n) is 5.12. The second-order valence-electron chi connectivity index (χ2n) is 8.49. The van der Waals surface area contributed by atoms with Crippen LogP contribution in [0.3, 0.4) is 0 Å². The average Bonchev–Trinajstić information content (AvgIpc) is 2.66. The van der Waals surface area contributed by atoms with Gasteiger partial charge in [0.2, 0.25) is 0 Å². The van der Waals surface area contributed by atoms with Gasteiger partial charge < -0.3 is 10.1 Å². The monoisotopic (exact) mass is 381 g/mol. The fraction of sp³-hybridized carbons (Fsp3) is 0.480. The minimum Gasteiger partial charge on any atom is -0.497 e. The molecule has 0 radical (unpaired) electrons. The van der Waals surface area contributed by atoms with E-state index in [2.05, 4.69) is 70.3 Å². The van der Waals surface area contributed by atoms with Crippen molar-refractivity contribution in [1.82, 2.24) is 5.32 Å². The standard InChI is InChI=1S/C25H35NO2/c1-8-18-15-21(28-7)12-13-22(18)20-11-10-19(17(3)14-20)16-23(24(27)9-2)26-25(4,5)6/h10-15,23,26H,8-9,16H2,1-7H3. The molecule has 0 saturated heterocycles. The first-order chi connectivity index (χ1) is 13.2. The number of carbonyl (C=O) groups excluding carboxylic acids is 1. The molecule has 0 aliphatic heterocycles. The zero-order valence-corrected chi connectivity index (χ0v) is 18.5. The highest BCUT2D eigenvalue weighted by molar-refractivity contribution is 5.84. The van der Waals surface area contributed by atoms with Crippen LogP contribution in [0, 0.1) is 6.92 Å². The van der Waals surface area contributed by atoms with Gasteiger partial charge in [-0.2, -0.15) is 0 Å². The third-order valence-corrected chi connectivity index (χ3v) is 5.12. The predicted octanol–water partition coefficient (Wildman–Crippen LogP) is 5.51. The first-order valence-corrected chi connectivity index (χ1v) is 10.3. The van der Waals surface area contributed by atoms with Gasteiger partial charge in [0.1, 0.15) is 11.5 Å². The Morgan fingerprint density at radius 2 is 1.79 bits per heavy atom. The van der Waals surface area contributed by atoms with Gasteiger partial charge in [-0.3, -0.25) is 4.79 Å². The molecule has 0 amide bonds. The predicted molar refractivity (Wildman–Crippen MR) is 118 cm³/mol. The number of carbonyl (C=O) groups is 1. The Kier molecular flexibility index (Phi) is 7.42. The molecule has 3 heteroatoms. The molecule has 2 rings (SSSR count). The van der Waals surface area contributed by atoms with Crippen LogP contribution in [0.5, 0.6) is 5.75 Å². The van der Waals surface area contributed by atoms with Gasteiger partial charge in [0.15, 0.2) is 0 Å². The van der Waals surface area contributed by atoms with Crippen molar-refractivity contribution in [2.75, 3.05) is 7.11 Å². The highest BCUT2D eigenvalue weighted by Gasteiger charge is 2.23. The summed E-state index contributed by atoms with van der Waals surface area (Å²) in [6.45, 7) is 12.6. The van der Waals surface area contributed by atoms with Crippen molar-refractivity contribution in [1.29, 1.82) is 0 Å². The molecule has 3 nitrogen and oxygen atoms in total. The molecule has 0 aliphatic rings. The Bertz CT molecular complexity index is 818. The summed E-state index contributed by atoms with van der Waals surface area (Å²) in [6, 6.07) is 12.7. The van der Waals surface area contributed by atoms with E-state index < -0.39 is 0 Å². The molecule has 0 fully saturated rings. The zero-order valence-electron chi connectivity index (χ0n) is 18.5. The van der Waals surface area contributed by atoms with E-state index in [-0.39, 0.29) is 17.4 Å². The van der Waals surface area contributed by atoms with Crippen molar-refractivity contribution in [3.05, 3.63) is 53.1 Å². The maximum absolute atomic E-state index is 12.5. The Balaban J connectivity index is 2.32. The van der Waals surface area contributed by atoms with E-state index >= 15 is 0 Å². The number of hydrogen-bond donors (Lipinski definition) is 1. The van der Waals surface area contributed by atoms with E-state index in [9.17, 15) is 4.79 Å². The summed E-state index contributed by atoms with van der Waals surface area (Å²) in [5, 5.41) is 3.50. The number of benzene rings is 2. The fourth-order valence-electron chi connectivity index (χ4n) is 3.60. The Morgan fingerprint density at radius 3 is 2.32 bits per heavy atom. The topological polar surface area (TPSA) is 38.3 Å². The molecule has 0 heterocycles. The first kappa shape index (κ1) is 22.2. The number of methoxy groups -OCH3 is 1. The third kappa shape index (κ3) is 5.68. The van der Waals surface area contributed by atoms with E-state index in [1.165, 1.54) is 27.8 Å². The van der Waals surface area contributed by atoms with Gasteiger partial charge in [-0.05, 0) is 80.5 Å². The lowest BCUT2D eigenvalue weighted by atomic mass is 9.91. The molecule has 152 valence electrons. The highest BCUT2D eigenvalue weighted by Crippen LogP contribution is 2.29. The van der Waals surface area contributed by atoms with Crippen molar-refractivity contribution in [3.63, 3.8) is 0 Å². The summed E-state index contributed by atoms with van der Waals surface area (Å²) < 4.78 is 5.37. The fourth-order valence-corrected chi connectivity index (χ4v) is 3.60. The number of ether oxygens (including phenoxy) is 1. The van der Waals surface area contributed by atoms with Gasteiger partial charge in [0.25, 0.3) is 0 Å². The normalized spacial score (nSPS) is 12.7. The average molecular weight is 382 g/mol. The number of Topliss-reactive ketones (excluding diaryl/α,β-unsaturated/α-hetero) is 1. The Labute approximate surface area is 170 Å². The number of aryl methyl sites for hydroxylation is 2. The molecule has 1 atom stereocenters. The molecule has 0 spiro atoms. The maximum Gasteiger partial charge on any atom is 0.149 e. The lowest BCUT2D eigenvalue weighted by Crippen LogP contribution is -2.48. The smallest absolute Gasteiger partial charge is 0.149 e. The van der Waals surface area contributed by atoms with Gasteiger partial charge in [0, 0.05) is 12.0 Å². The Hall–Kier alpha value is -2.13. The van der Waals surface area contributed by atoms with Crippen molar-refractivity contribution in [3.8, 4) is 16.9 Å². The van der Waals surface area contributed by atoms with Crippen LogP contribution < -0.4 is 10.1 Å². The molecule has 0 bridgehead atoms. The summed E-state index contributed by atoms with van der Waals surface area (Å²) in [7, 11) is 1.70.